The summed E-state index contributed by atoms with van der Waals surface area (Å²) >= 11 is 1.77. The van der Waals surface area contributed by atoms with E-state index in [0.29, 0.717) is 5.91 Å². The van der Waals surface area contributed by atoms with E-state index in [4.69, 9.17) is 9.97 Å². The minimum Gasteiger partial charge on any atom is -0.365 e. The van der Waals surface area contributed by atoms with Crippen molar-refractivity contribution in [3.63, 3.8) is 0 Å². The number of thiophene rings is 1. The molecule has 1 N–H and O–H groups in total. The lowest BCUT2D eigenvalue weighted by molar-refractivity contribution is -0.134. The maximum atomic E-state index is 12.8. The third-order valence-corrected chi connectivity index (χ3v) is 8.29. The number of carbonyl (C=O) groups excluding carboxylic acids is 1. The monoisotopic (exact) mass is 427 g/mol. The molecule has 0 radical (unpaired) electrons. The number of hydrogen-bond donors (Lipinski definition) is 1. The van der Waals surface area contributed by atoms with Crippen LogP contribution in [0.25, 0.3) is 10.2 Å². The smallest absolute Gasteiger partial charge is 0.225 e. The zero-order valence-electron chi connectivity index (χ0n) is 18.2. The summed E-state index contributed by atoms with van der Waals surface area (Å²) in [6.45, 7) is 9.13. The highest BCUT2D eigenvalue weighted by Gasteiger charge is 2.32. The van der Waals surface area contributed by atoms with Crippen molar-refractivity contribution >= 4 is 33.3 Å². The predicted molar refractivity (Wildman–Crippen MR) is 122 cm³/mol. The number of nitrogens with one attached hydrogen (secondary N) is 1. The third kappa shape index (κ3) is 3.94. The van der Waals surface area contributed by atoms with Gasteiger partial charge in [-0.25, -0.2) is 9.97 Å². The van der Waals surface area contributed by atoms with Crippen molar-refractivity contribution in [2.75, 3.05) is 31.5 Å². The number of hydrogen-bond acceptors (Lipinski definition) is 6. The second-order valence-corrected chi connectivity index (χ2v) is 10.5. The summed E-state index contributed by atoms with van der Waals surface area (Å²) in [5.74, 6) is 2.53. The van der Waals surface area contributed by atoms with Crippen molar-refractivity contribution in [3.05, 3.63) is 16.3 Å². The topological polar surface area (TPSA) is 61.4 Å². The molecule has 2 aromatic heterocycles. The summed E-state index contributed by atoms with van der Waals surface area (Å²) in [7, 11) is 0. The predicted octanol–water partition coefficient (Wildman–Crippen LogP) is 4.11. The Kier molecular flexibility index (Phi) is 5.67. The highest BCUT2D eigenvalue weighted by molar-refractivity contribution is 7.18. The second kappa shape index (κ2) is 8.42. The van der Waals surface area contributed by atoms with Gasteiger partial charge in [-0.1, -0.05) is 12.8 Å². The molecule has 6 nitrogen and oxygen atoms in total. The molecule has 0 bridgehead atoms. The van der Waals surface area contributed by atoms with E-state index in [1.165, 1.54) is 41.5 Å². The van der Waals surface area contributed by atoms with Crippen molar-refractivity contribution in [2.45, 2.75) is 71.4 Å². The highest BCUT2D eigenvalue weighted by atomic mass is 32.1. The van der Waals surface area contributed by atoms with E-state index in [9.17, 15) is 4.79 Å². The van der Waals surface area contributed by atoms with Crippen molar-refractivity contribution in [3.8, 4) is 0 Å². The number of fused-ring (bicyclic) bond motifs is 1. The van der Waals surface area contributed by atoms with Gasteiger partial charge in [0.2, 0.25) is 5.91 Å². The summed E-state index contributed by atoms with van der Waals surface area (Å²) in [5, 5.41) is 4.89. The van der Waals surface area contributed by atoms with Crippen LogP contribution in [0, 0.1) is 19.8 Å². The minimum absolute atomic E-state index is 0.267. The van der Waals surface area contributed by atoms with Crippen LogP contribution in [-0.4, -0.2) is 57.9 Å². The first kappa shape index (κ1) is 20.2. The molecule has 162 valence electrons. The SMILES string of the molecule is Cc1sc2nc(CN3CCCC3)nc(NC3CCN(C(=O)C4CCCC4)C3)c2c1C. The molecule has 5 rings (SSSR count). The zero-order valence-corrected chi connectivity index (χ0v) is 19.1. The Labute approximate surface area is 183 Å². The van der Waals surface area contributed by atoms with Gasteiger partial charge in [0.05, 0.1) is 11.9 Å². The van der Waals surface area contributed by atoms with Gasteiger partial charge >= 0.3 is 0 Å². The van der Waals surface area contributed by atoms with Gasteiger partial charge in [0.15, 0.2) is 0 Å². The van der Waals surface area contributed by atoms with Gasteiger partial charge in [0.1, 0.15) is 16.5 Å². The molecule has 1 unspecified atom stereocenters. The molecule has 1 saturated carbocycles. The molecular formula is C23H33N5OS. The molecule has 4 heterocycles. The van der Waals surface area contributed by atoms with Crippen molar-refractivity contribution in [1.29, 1.82) is 0 Å². The van der Waals surface area contributed by atoms with Crippen LogP contribution in [0.5, 0.6) is 0 Å². The van der Waals surface area contributed by atoms with Gasteiger partial charge in [0, 0.05) is 29.9 Å². The Morgan fingerprint density at radius 3 is 2.60 bits per heavy atom. The van der Waals surface area contributed by atoms with Gasteiger partial charge in [-0.05, 0) is 64.6 Å². The first-order chi connectivity index (χ1) is 14.6. The fourth-order valence-electron chi connectivity index (χ4n) is 5.31. The molecule has 1 atom stereocenters. The van der Waals surface area contributed by atoms with E-state index in [1.54, 1.807) is 11.3 Å². The quantitative estimate of drug-likeness (QED) is 0.778. The number of likely N-dealkylation sites (tertiary alicyclic amines) is 2. The lowest BCUT2D eigenvalue weighted by Crippen LogP contribution is -2.35. The van der Waals surface area contributed by atoms with Crippen LogP contribution in [0.2, 0.25) is 0 Å². The minimum atomic E-state index is 0.267. The zero-order chi connectivity index (χ0) is 20.7. The van der Waals surface area contributed by atoms with E-state index in [2.05, 4.69) is 29.0 Å². The molecule has 3 fully saturated rings. The van der Waals surface area contributed by atoms with Gasteiger partial charge < -0.3 is 10.2 Å². The maximum absolute atomic E-state index is 12.8. The lowest BCUT2D eigenvalue weighted by atomic mass is 10.1. The lowest BCUT2D eigenvalue weighted by Gasteiger charge is -2.21. The van der Waals surface area contributed by atoms with Crippen LogP contribution in [0.1, 0.15) is 61.2 Å². The summed E-state index contributed by atoms with van der Waals surface area (Å²) in [6, 6.07) is 0.271. The summed E-state index contributed by atoms with van der Waals surface area (Å²) in [4.78, 5) is 29.7. The summed E-state index contributed by atoms with van der Waals surface area (Å²) < 4.78 is 0. The number of aryl methyl sites for hydroxylation is 2. The van der Waals surface area contributed by atoms with Crippen LogP contribution in [0.15, 0.2) is 0 Å². The Balaban J connectivity index is 1.35. The van der Waals surface area contributed by atoms with Crippen LogP contribution in [0.4, 0.5) is 5.82 Å². The molecule has 2 aromatic rings. The van der Waals surface area contributed by atoms with Crippen molar-refractivity contribution in [1.82, 2.24) is 19.8 Å². The average Bonchev–Trinajstić information content (AvgIpc) is 3.51. The molecule has 1 aliphatic carbocycles. The van der Waals surface area contributed by atoms with Gasteiger partial charge in [-0.3, -0.25) is 9.69 Å². The molecule has 30 heavy (non-hydrogen) atoms. The Bertz CT molecular complexity index is 929. The number of anilines is 1. The largest absolute Gasteiger partial charge is 0.365 e. The van der Waals surface area contributed by atoms with Crippen LogP contribution in [-0.2, 0) is 11.3 Å². The molecule has 0 aromatic carbocycles. The molecule has 2 saturated heterocycles. The van der Waals surface area contributed by atoms with E-state index >= 15 is 0 Å². The number of nitrogens with zero attached hydrogens (tertiary/aromatic N) is 4. The highest BCUT2D eigenvalue weighted by Crippen LogP contribution is 2.35. The van der Waals surface area contributed by atoms with Gasteiger partial charge in [-0.2, -0.15) is 0 Å². The van der Waals surface area contributed by atoms with Crippen LogP contribution in [0.3, 0.4) is 0 Å². The van der Waals surface area contributed by atoms with Crippen molar-refractivity contribution < 1.29 is 4.79 Å². The molecule has 1 amide bonds. The third-order valence-electron chi connectivity index (χ3n) is 7.18. The summed E-state index contributed by atoms with van der Waals surface area (Å²) in [5.41, 5.74) is 1.28. The first-order valence-corrected chi connectivity index (χ1v) is 12.4. The Morgan fingerprint density at radius 2 is 1.83 bits per heavy atom. The molecule has 2 aliphatic heterocycles. The van der Waals surface area contributed by atoms with E-state index in [-0.39, 0.29) is 12.0 Å². The number of amides is 1. The van der Waals surface area contributed by atoms with E-state index in [1.807, 2.05) is 0 Å². The Morgan fingerprint density at radius 1 is 1.07 bits per heavy atom. The number of rotatable bonds is 5. The van der Waals surface area contributed by atoms with E-state index < -0.39 is 0 Å². The standard InChI is InChI=1S/C23H33N5OS/c1-15-16(2)30-22-20(15)21(25-19(26-22)14-27-10-5-6-11-27)24-18-9-12-28(13-18)23(29)17-7-3-4-8-17/h17-18H,3-14H2,1-2H3,(H,24,25,26). The van der Waals surface area contributed by atoms with Crippen LogP contribution >= 0.6 is 11.3 Å². The molecule has 7 heteroatoms. The summed E-state index contributed by atoms with van der Waals surface area (Å²) in [6.07, 6.45) is 8.12. The fourth-order valence-corrected chi connectivity index (χ4v) is 6.36. The fraction of sp³-hybridized carbons (Fsp3) is 0.696. The van der Waals surface area contributed by atoms with Gasteiger partial charge in [-0.15, -0.1) is 11.3 Å². The van der Waals surface area contributed by atoms with Crippen molar-refractivity contribution in [2.24, 2.45) is 5.92 Å². The number of carbonyl (C=O) groups is 1. The normalized spacial score (nSPS) is 23.1. The average molecular weight is 428 g/mol. The van der Waals surface area contributed by atoms with Crippen LogP contribution < -0.4 is 5.32 Å². The second-order valence-electron chi connectivity index (χ2n) is 9.33. The van der Waals surface area contributed by atoms with E-state index in [0.717, 1.165) is 68.5 Å². The first-order valence-electron chi connectivity index (χ1n) is 11.6. The molecule has 3 aliphatic rings. The molecule has 0 spiro atoms. The number of aromatic nitrogens is 2. The van der Waals surface area contributed by atoms with Gasteiger partial charge in [0.25, 0.3) is 0 Å². The maximum Gasteiger partial charge on any atom is 0.225 e. The molecular weight excluding hydrogens is 394 g/mol. The Hall–Kier alpha value is -1.73.